The van der Waals surface area contributed by atoms with E-state index in [1.54, 1.807) is 30.3 Å². The summed E-state index contributed by atoms with van der Waals surface area (Å²) in [5.74, 6) is -0.901. The van der Waals surface area contributed by atoms with E-state index in [2.05, 4.69) is 26.6 Å². The molecule has 0 radical (unpaired) electrons. The molecule has 4 N–H and O–H groups in total. The third-order valence-electron chi connectivity index (χ3n) is 6.49. The van der Waals surface area contributed by atoms with E-state index < -0.39 is 10.0 Å². The number of hydrogen-bond donors (Lipinski definition) is 3. The molecule has 1 fully saturated rings. The van der Waals surface area contributed by atoms with Gasteiger partial charge in [-0.1, -0.05) is 76.9 Å². The van der Waals surface area contributed by atoms with Gasteiger partial charge in [-0.3, -0.25) is 9.59 Å². The van der Waals surface area contributed by atoms with E-state index in [0.29, 0.717) is 37.1 Å². The lowest BCUT2D eigenvalue weighted by molar-refractivity contribution is -0.133. The van der Waals surface area contributed by atoms with Gasteiger partial charge in [-0.25, -0.2) is 13.6 Å². The van der Waals surface area contributed by atoms with Crippen LogP contribution in [0.25, 0.3) is 11.1 Å². The summed E-state index contributed by atoms with van der Waals surface area (Å²) in [7, 11) is -3.85. The number of sulfonamides is 1. The van der Waals surface area contributed by atoms with Gasteiger partial charge in [0.1, 0.15) is 0 Å². The zero-order chi connectivity index (χ0) is 25.7. The molecule has 2 atom stereocenters. The molecule has 2 amide bonds. The van der Waals surface area contributed by atoms with Gasteiger partial charge in [0, 0.05) is 35.0 Å². The van der Waals surface area contributed by atoms with Crippen molar-refractivity contribution >= 4 is 37.8 Å². The minimum Gasteiger partial charge on any atom is -0.352 e. The zero-order valence-corrected chi connectivity index (χ0v) is 22.0. The molecular formula is C27H28BrN3O4S. The van der Waals surface area contributed by atoms with E-state index in [4.69, 9.17) is 5.14 Å². The molecule has 3 aromatic carbocycles. The van der Waals surface area contributed by atoms with Crippen LogP contribution in [0.1, 0.15) is 30.4 Å². The van der Waals surface area contributed by atoms with Crippen molar-refractivity contribution in [3.05, 3.63) is 88.4 Å². The Morgan fingerprint density at radius 2 is 1.31 bits per heavy atom. The third kappa shape index (κ3) is 6.40. The number of hydrogen-bond acceptors (Lipinski definition) is 4. The summed E-state index contributed by atoms with van der Waals surface area (Å²) in [6.07, 6.45) is 2.22. The van der Waals surface area contributed by atoms with Crippen LogP contribution >= 0.6 is 15.9 Å². The van der Waals surface area contributed by atoms with Crippen LogP contribution in [0.5, 0.6) is 0 Å². The maximum atomic E-state index is 12.9. The molecule has 0 aliphatic heterocycles. The predicted molar refractivity (Wildman–Crippen MR) is 142 cm³/mol. The average molecular weight is 571 g/mol. The number of halogens is 1. The molecule has 1 saturated carbocycles. The fraction of sp³-hybridized carbons (Fsp3) is 0.259. The molecule has 36 heavy (non-hydrogen) atoms. The van der Waals surface area contributed by atoms with Gasteiger partial charge in [-0.05, 0) is 47.7 Å². The second kappa shape index (κ2) is 11.4. The highest BCUT2D eigenvalue weighted by Gasteiger charge is 2.37. The molecule has 0 aromatic heterocycles. The molecular weight excluding hydrogens is 542 g/mol. The van der Waals surface area contributed by atoms with Crippen molar-refractivity contribution in [2.75, 3.05) is 0 Å². The second-order valence-electron chi connectivity index (χ2n) is 8.94. The topological polar surface area (TPSA) is 118 Å². The van der Waals surface area contributed by atoms with E-state index in [1.807, 2.05) is 36.4 Å². The van der Waals surface area contributed by atoms with Crippen LogP contribution in [0.4, 0.5) is 0 Å². The second-order valence-corrected chi connectivity index (χ2v) is 11.4. The first kappa shape index (κ1) is 26.1. The molecule has 4 rings (SSSR count). The Bertz CT molecular complexity index is 1340. The molecule has 0 spiro atoms. The van der Waals surface area contributed by atoms with E-state index in [9.17, 15) is 18.0 Å². The first-order valence-electron chi connectivity index (χ1n) is 11.7. The van der Waals surface area contributed by atoms with E-state index >= 15 is 0 Å². The average Bonchev–Trinajstić information content (AvgIpc) is 3.37. The summed E-state index contributed by atoms with van der Waals surface area (Å²) >= 11 is 3.40. The van der Waals surface area contributed by atoms with E-state index in [1.165, 1.54) is 6.07 Å². The maximum absolute atomic E-state index is 12.9. The minimum absolute atomic E-state index is 0.0664. The lowest BCUT2D eigenvalue weighted by atomic mass is 9.94. The minimum atomic E-state index is -3.85. The van der Waals surface area contributed by atoms with Crippen molar-refractivity contribution in [3.63, 3.8) is 0 Å². The van der Waals surface area contributed by atoms with Crippen LogP contribution in [-0.2, 0) is 32.7 Å². The lowest BCUT2D eigenvalue weighted by Gasteiger charge is -2.19. The number of primary sulfonamides is 1. The Labute approximate surface area is 219 Å². The van der Waals surface area contributed by atoms with Crippen molar-refractivity contribution in [1.82, 2.24) is 10.6 Å². The largest absolute Gasteiger partial charge is 0.352 e. The zero-order valence-electron chi connectivity index (χ0n) is 19.6. The molecule has 9 heteroatoms. The van der Waals surface area contributed by atoms with E-state index in [-0.39, 0.29) is 28.5 Å². The monoisotopic (exact) mass is 569 g/mol. The summed E-state index contributed by atoms with van der Waals surface area (Å²) in [6.45, 7) is 0.748. The normalized spacial score (nSPS) is 17.5. The molecule has 7 nitrogen and oxygen atoms in total. The van der Waals surface area contributed by atoms with Crippen molar-refractivity contribution in [2.24, 2.45) is 17.0 Å². The van der Waals surface area contributed by atoms with Crippen LogP contribution in [0, 0.1) is 11.8 Å². The molecule has 3 aromatic rings. The number of nitrogens with one attached hydrogen (secondary N) is 2. The fourth-order valence-electron chi connectivity index (χ4n) is 4.59. The molecule has 0 bridgehead atoms. The van der Waals surface area contributed by atoms with Gasteiger partial charge in [0.25, 0.3) is 0 Å². The number of nitrogens with two attached hydrogens (primary N) is 1. The maximum Gasteiger partial charge on any atom is 0.238 e. The van der Waals surface area contributed by atoms with E-state index in [0.717, 1.165) is 22.0 Å². The van der Waals surface area contributed by atoms with Gasteiger partial charge in [-0.15, -0.1) is 0 Å². The SMILES string of the molecule is NS(=O)(=O)c1ccccc1-c1ccc(CNC(=O)[C@@H]2CCC[C@H]2C(=O)NCc2ccc(Br)cc2)cc1. The van der Waals surface area contributed by atoms with Gasteiger partial charge >= 0.3 is 0 Å². The Hall–Kier alpha value is -3.01. The van der Waals surface area contributed by atoms with Crippen LogP contribution in [0.15, 0.2) is 82.2 Å². The van der Waals surface area contributed by atoms with Crippen molar-refractivity contribution in [1.29, 1.82) is 0 Å². The summed E-state index contributed by atoms with van der Waals surface area (Å²) in [5, 5.41) is 11.3. The number of benzene rings is 3. The number of carbonyl (C=O) groups is 2. The highest BCUT2D eigenvalue weighted by molar-refractivity contribution is 9.10. The first-order chi connectivity index (χ1) is 17.2. The molecule has 1 aliphatic rings. The van der Waals surface area contributed by atoms with Crippen LogP contribution in [-0.4, -0.2) is 20.2 Å². The highest BCUT2D eigenvalue weighted by Crippen LogP contribution is 2.32. The van der Waals surface area contributed by atoms with Crippen LogP contribution in [0.3, 0.4) is 0 Å². The Morgan fingerprint density at radius 1 is 0.806 bits per heavy atom. The quantitative estimate of drug-likeness (QED) is 0.378. The molecule has 0 saturated heterocycles. The van der Waals surface area contributed by atoms with Gasteiger partial charge < -0.3 is 10.6 Å². The van der Waals surface area contributed by atoms with Crippen molar-refractivity contribution in [3.8, 4) is 11.1 Å². The van der Waals surface area contributed by atoms with Gasteiger partial charge in [0.15, 0.2) is 0 Å². The predicted octanol–water partition coefficient (Wildman–Crippen LogP) is 4.11. The molecule has 188 valence electrons. The number of carbonyl (C=O) groups excluding carboxylic acids is 2. The molecule has 1 aliphatic carbocycles. The van der Waals surface area contributed by atoms with Gasteiger partial charge in [0.05, 0.1) is 4.90 Å². The molecule has 0 heterocycles. The highest BCUT2D eigenvalue weighted by atomic mass is 79.9. The smallest absolute Gasteiger partial charge is 0.238 e. The Kier molecular flexibility index (Phi) is 8.23. The molecule has 0 unspecified atom stereocenters. The number of amides is 2. The van der Waals surface area contributed by atoms with Crippen LogP contribution in [0.2, 0.25) is 0 Å². The summed E-state index contributed by atoms with van der Waals surface area (Å²) in [5.41, 5.74) is 3.11. The summed E-state index contributed by atoms with van der Waals surface area (Å²) in [4.78, 5) is 25.8. The fourth-order valence-corrected chi connectivity index (χ4v) is 5.61. The Balaban J connectivity index is 1.34. The van der Waals surface area contributed by atoms with Gasteiger partial charge in [0.2, 0.25) is 21.8 Å². The first-order valence-corrected chi connectivity index (χ1v) is 14.1. The number of rotatable bonds is 8. The van der Waals surface area contributed by atoms with Crippen molar-refractivity contribution in [2.45, 2.75) is 37.2 Å². The Morgan fingerprint density at radius 3 is 1.83 bits per heavy atom. The third-order valence-corrected chi connectivity index (χ3v) is 7.99. The summed E-state index contributed by atoms with van der Waals surface area (Å²) in [6, 6.07) is 21.6. The lowest BCUT2D eigenvalue weighted by Crippen LogP contribution is -2.39. The standard InChI is InChI=1S/C27H28BrN3O4S/c28-21-14-10-19(11-15-21)17-31-27(33)24-6-3-5-23(24)26(32)30-16-18-8-12-20(13-9-18)22-4-1-2-7-25(22)36(29,34)35/h1-2,4,7-15,23-24H,3,5-6,16-17H2,(H,30,32)(H,31,33)(H2,29,34,35)/t23-,24-/m1/s1. The summed E-state index contributed by atoms with van der Waals surface area (Å²) < 4.78 is 24.8. The van der Waals surface area contributed by atoms with Crippen LogP contribution < -0.4 is 15.8 Å². The van der Waals surface area contributed by atoms with Gasteiger partial charge in [-0.2, -0.15) is 0 Å². The van der Waals surface area contributed by atoms with Crippen molar-refractivity contribution < 1.29 is 18.0 Å².